The minimum Gasteiger partial charge on any atom is -0.490 e. The second-order valence-electron chi connectivity index (χ2n) is 7.41. The summed E-state index contributed by atoms with van der Waals surface area (Å²) in [5.74, 6) is 1.81. The average Bonchev–Trinajstić information content (AvgIpc) is 2.67. The molecule has 2 aliphatic rings. The quantitative estimate of drug-likeness (QED) is 0.853. The van der Waals surface area contributed by atoms with Crippen molar-refractivity contribution in [3.05, 3.63) is 23.8 Å². The summed E-state index contributed by atoms with van der Waals surface area (Å²) in [6.45, 7) is 8.11. The highest BCUT2D eigenvalue weighted by Gasteiger charge is 2.43. The van der Waals surface area contributed by atoms with Gasteiger partial charge in [-0.25, -0.2) is 0 Å². The third-order valence-corrected chi connectivity index (χ3v) is 5.10. The first kappa shape index (κ1) is 14.7. The van der Waals surface area contributed by atoms with Crippen molar-refractivity contribution in [1.82, 2.24) is 0 Å². The Morgan fingerprint density at radius 1 is 1.10 bits per heavy atom. The second-order valence-corrected chi connectivity index (χ2v) is 7.41. The van der Waals surface area contributed by atoms with E-state index >= 15 is 0 Å². The Bertz CT molecular complexity index is 523. The minimum atomic E-state index is -0.750. The monoisotopic (exact) mass is 290 g/mol. The number of hydrogen-bond acceptors (Lipinski definition) is 3. The summed E-state index contributed by atoms with van der Waals surface area (Å²) in [5.41, 5.74) is 0.534. The molecule has 1 N–H and O–H groups in total. The van der Waals surface area contributed by atoms with E-state index in [1.807, 2.05) is 18.2 Å². The maximum atomic E-state index is 11.2. The van der Waals surface area contributed by atoms with Crippen LogP contribution in [0.5, 0.6) is 11.5 Å². The molecule has 0 aromatic heterocycles. The molecule has 116 valence electrons. The van der Waals surface area contributed by atoms with E-state index in [1.165, 1.54) is 0 Å². The molecule has 0 saturated heterocycles. The topological polar surface area (TPSA) is 38.7 Å². The summed E-state index contributed by atoms with van der Waals surface area (Å²) in [6, 6.07) is 5.93. The molecule has 1 aliphatic heterocycles. The smallest absolute Gasteiger partial charge is 0.161 e. The van der Waals surface area contributed by atoms with Crippen molar-refractivity contribution in [2.45, 2.75) is 52.1 Å². The molecule has 0 spiro atoms. The van der Waals surface area contributed by atoms with Crippen LogP contribution in [0.15, 0.2) is 18.2 Å². The fraction of sp³-hybridized carbons (Fsp3) is 0.667. The van der Waals surface area contributed by atoms with Crippen molar-refractivity contribution >= 4 is 0 Å². The molecule has 3 nitrogen and oxygen atoms in total. The molecular weight excluding hydrogens is 264 g/mol. The summed E-state index contributed by atoms with van der Waals surface area (Å²) in [6.07, 6.45) is 3.79. The van der Waals surface area contributed by atoms with E-state index in [1.54, 1.807) is 0 Å². The lowest BCUT2D eigenvalue weighted by atomic mass is 9.63. The van der Waals surface area contributed by atoms with Gasteiger partial charge in [0.05, 0.1) is 18.8 Å². The van der Waals surface area contributed by atoms with Crippen molar-refractivity contribution in [2.75, 3.05) is 13.2 Å². The molecule has 3 rings (SSSR count). The molecule has 0 amide bonds. The van der Waals surface area contributed by atoms with Crippen LogP contribution < -0.4 is 9.47 Å². The predicted octanol–water partition coefficient (Wildman–Crippen LogP) is 3.88. The van der Waals surface area contributed by atoms with Crippen LogP contribution >= 0.6 is 0 Å². The summed E-state index contributed by atoms with van der Waals surface area (Å²) in [7, 11) is 0. The van der Waals surface area contributed by atoms with Crippen LogP contribution in [-0.2, 0) is 5.60 Å². The van der Waals surface area contributed by atoms with E-state index in [2.05, 4.69) is 20.8 Å². The Labute approximate surface area is 127 Å². The number of benzene rings is 1. The molecule has 1 saturated carbocycles. The van der Waals surface area contributed by atoms with Crippen molar-refractivity contribution in [1.29, 1.82) is 0 Å². The highest BCUT2D eigenvalue weighted by Crippen LogP contribution is 2.49. The summed E-state index contributed by atoms with van der Waals surface area (Å²) >= 11 is 0. The maximum absolute atomic E-state index is 11.2. The highest BCUT2D eigenvalue weighted by molar-refractivity contribution is 5.45. The van der Waals surface area contributed by atoms with Gasteiger partial charge in [0.2, 0.25) is 0 Å². The van der Waals surface area contributed by atoms with E-state index in [-0.39, 0.29) is 5.92 Å². The number of ether oxygens (including phenoxy) is 2. The summed E-state index contributed by atoms with van der Waals surface area (Å²) in [4.78, 5) is 0. The minimum absolute atomic E-state index is 0.242. The molecule has 0 radical (unpaired) electrons. The van der Waals surface area contributed by atoms with E-state index in [0.29, 0.717) is 18.6 Å². The van der Waals surface area contributed by atoms with Gasteiger partial charge in [-0.15, -0.1) is 0 Å². The van der Waals surface area contributed by atoms with Crippen molar-refractivity contribution in [3.63, 3.8) is 0 Å². The lowest BCUT2D eigenvalue weighted by molar-refractivity contribution is -0.0771. The summed E-state index contributed by atoms with van der Waals surface area (Å²) < 4.78 is 11.4. The molecular formula is C18H26O3. The average molecular weight is 290 g/mol. The molecule has 1 aliphatic carbocycles. The normalized spacial score (nSPS) is 31.5. The fourth-order valence-electron chi connectivity index (χ4n) is 3.74. The Kier molecular flexibility index (Phi) is 3.64. The Hall–Kier alpha value is -1.22. The zero-order valence-corrected chi connectivity index (χ0v) is 13.3. The van der Waals surface area contributed by atoms with Crippen LogP contribution in [0.25, 0.3) is 0 Å². The first-order valence-corrected chi connectivity index (χ1v) is 8.03. The number of aliphatic hydroxyl groups is 1. The van der Waals surface area contributed by atoms with E-state index in [9.17, 15) is 5.11 Å². The van der Waals surface area contributed by atoms with Crippen molar-refractivity contribution in [2.24, 2.45) is 11.3 Å². The van der Waals surface area contributed by atoms with E-state index < -0.39 is 5.60 Å². The number of fused-ring (bicyclic) bond motifs is 1. The van der Waals surface area contributed by atoms with Gasteiger partial charge in [-0.3, -0.25) is 0 Å². The van der Waals surface area contributed by atoms with Gasteiger partial charge in [0, 0.05) is 6.42 Å². The van der Waals surface area contributed by atoms with Crippen LogP contribution in [-0.4, -0.2) is 18.3 Å². The van der Waals surface area contributed by atoms with Gasteiger partial charge in [-0.05, 0) is 48.3 Å². The van der Waals surface area contributed by atoms with E-state index in [0.717, 1.165) is 42.7 Å². The molecule has 1 heterocycles. The van der Waals surface area contributed by atoms with E-state index in [4.69, 9.17) is 9.47 Å². The zero-order chi connectivity index (χ0) is 15.1. The molecule has 1 fully saturated rings. The summed E-state index contributed by atoms with van der Waals surface area (Å²) in [5, 5.41) is 11.2. The predicted molar refractivity (Wildman–Crippen MR) is 82.7 cm³/mol. The molecule has 3 heteroatoms. The Morgan fingerprint density at radius 2 is 1.81 bits per heavy atom. The van der Waals surface area contributed by atoms with Gasteiger partial charge in [0.1, 0.15) is 0 Å². The van der Waals surface area contributed by atoms with Crippen LogP contribution in [0, 0.1) is 11.3 Å². The van der Waals surface area contributed by atoms with Crippen LogP contribution in [0.1, 0.15) is 52.0 Å². The Balaban J connectivity index is 1.91. The van der Waals surface area contributed by atoms with Gasteiger partial charge in [-0.1, -0.05) is 26.8 Å². The van der Waals surface area contributed by atoms with Crippen LogP contribution in [0.2, 0.25) is 0 Å². The Morgan fingerprint density at radius 3 is 2.52 bits per heavy atom. The zero-order valence-electron chi connectivity index (χ0n) is 13.3. The fourth-order valence-corrected chi connectivity index (χ4v) is 3.74. The van der Waals surface area contributed by atoms with Gasteiger partial charge in [0.25, 0.3) is 0 Å². The molecule has 1 aromatic carbocycles. The van der Waals surface area contributed by atoms with Gasteiger partial charge < -0.3 is 14.6 Å². The molecule has 2 atom stereocenters. The number of hydrogen-bond donors (Lipinski definition) is 1. The first-order chi connectivity index (χ1) is 9.91. The van der Waals surface area contributed by atoms with Crippen molar-refractivity contribution in [3.8, 4) is 11.5 Å². The molecule has 21 heavy (non-hydrogen) atoms. The third-order valence-electron chi connectivity index (χ3n) is 5.10. The number of rotatable bonds is 1. The molecule has 0 bridgehead atoms. The standard InChI is InChI=1S/C18H26O3/c1-13-12-17(2,3)7-8-18(13,19)14-5-6-15-16(11-14)21-10-4-9-20-15/h5-6,11,13,19H,4,7-10,12H2,1-3H3. The van der Waals surface area contributed by atoms with Crippen LogP contribution in [0.3, 0.4) is 0 Å². The lowest BCUT2D eigenvalue weighted by Gasteiger charge is -2.45. The highest BCUT2D eigenvalue weighted by atomic mass is 16.5. The molecule has 1 aromatic rings. The third kappa shape index (κ3) is 2.76. The second kappa shape index (κ2) is 5.20. The van der Waals surface area contributed by atoms with Gasteiger partial charge in [-0.2, -0.15) is 0 Å². The van der Waals surface area contributed by atoms with Gasteiger partial charge in [0.15, 0.2) is 11.5 Å². The molecule has 2 unspecified atom stereocenters. The first-order valence-electron chi connectivity index (χ1n) is 8.03. The lowest BCUT2D eigenvalue weighted by Crippen LogP contribution is -2.41. The SMILES string of the molecule is CC1CC(C)(C)CCC1(O)c1ccc2c(c1)OCCCO2. The van der Waals surface area contributed by atoms with Gasteiger partial charge >= 0.3 is 0 Å². The van der Waals surface area contributed by atoms with Crippen LogP contribution in [0.4, 0.5) is 0 Å². The van der Waals surface area contributed by atoms with Crippen molar-refractivity contribution < 1.29 is 14.6 Å². The largest absolute Gasteiger partial charge is 0.490 e. The maximum Gasteiger partial charge on any atom is 0.161 e.